The molecular weight excluding hydrogens is 428 g/mol. The molecule has 0 radical (unpaired) electrons. The van der Waals surface area contributed by atoms with Gasteiger partial charge in [0.25, 0.3) is 5.91 Å². The number of anilines is 1. The Morgan fingerprint density at radius 1 is 1.06 bits per heavy atom. The molecule has 2 aromatic rings. The first-order valence-corrected chi connectivity index (χ1v) is 11.3. The molecular formula is C24H29ClN4O3. The molecule has 0 aliphatic carbocycles. The van der Waals surface area contributed by atoms with Crippen LogP contribution in [0.3, 0.4) is 0 Å². The van der Waals surface area contributed by atoms with Crippen molar-refractivity contribution in [2.75, 3.05) is 44.9 Å². The maximum Gasteiger partial charge on any atom is 0.326 e. The van der Waals surface area contributed by atoms with Crippen LogP contribution in [0.2, 0.25) is 5.02 Å². The van der Waals surface area contributed by atoms with Gasteiger partial charge in [0.15, 0.2) is 0 Å². The standard InChI is InChI=1S/C24H29ClN4O3/c1-24(11-10-18-6-8-21(32-2)9-7-18)22(30)29(23(31)26-24)17-27-12-14-28(15-13-27)20-5-3-4-19(25)16-20/h3-9,16H,10-15,17H2,1-2H3,(H,26,31)/t24-/m0/s1. The first kappa shape index (κ1) is 22.4. The van der Waals surface area contributed by atoms with Crippen molar-refractivity contribution in [2.24, 2.45) is 0 Å². The van der Waals surface area contributed by atoms with Crippen LogP contribution in [0.1, 0.15) is 18.9 Å². The summed E-state index contributed by atoms with van der Waals surface area (Å²) in [6.07, 6.45) is 1.24. The van der Waals surface area contributed by atoms with Crippen molar-refractivity contribution >= 4 is 29.2 Å². The Bertz CT molecular complexity index is 975. The van der Waals surface area contributed by atoms with Crippen LogP contribution in [0.5, 0.6) is 5.75 Å². The van der Waals surface area contributed by atoms with Gasteiger partial charge in [0.05, 0.1) is 13.8 Å². The molecule has 0 saturated carbocycles. The highest BCUT2D eigenvalue weighted by Gasteiger charge is 2.47. The van der Waals surface area contributed by atoms with Crippen molar-refractivity contribution in [1.29, 1.82) is 0 Å². The predicted molar refractivity (Wildman–Crippen MR) is 125 cm³/mol. The number of imide groups is 1. The van der Waals surface area contributed by atoms with E-state index in [9.17, 15) is 9.59 Å². The van der Waals surface area contributed by atoms with Gasteiger partial charge >= 0.3 is 6.03 Å². The fraction of sp³-hybridized carbons (Fsp3) is 0.417. The third kappa shape index (κ3) is 4.84. The number of benzene rings is 2. The average Bonchev–Trinajstić information content (AvgIpc) is 3.02. The number of carbonyl (C=O) groups excluding carboxylic acids is 2. The molecule has 2 fully saturated rings. The first-order valence-electron chi connectivity index (χ1n) is 10.9. The zero-order valence-corrected chi connectivity index (χ0v) is 19.3. The molecule has 3 amide bonds. The summed E-state index contributed by atoms with van der Waals surface area (Å²) in [5.74, 6) is 0.639. The fourth-order valence-electron chi connectivity index (χ4n) is 4.25. The van der Waals surface area contributed by atoms with Gasteiger partial charge in [0.2, 0.25) is 0 Å². The molecule has 1 N–H and O–H groups in total. The van der Waals surface area contributed by atoms with Gasteiger partial charge in [0.1, 0.15) is 11.3 Å². The Kier molecular flexibility index (Phi) is 6.58. The lowest BCUT2D eigenvalue weighted by Crippen LogP contribution is -2.52. The van der Waals surface area contributed by atoms with E-state index in [1.54, 1.807) is 7.11 Å². The Balaban J connectivity index is 1.31. The van der Waals surface area contributed by atoms with Crippen molar-refractivity contribution in [2.45, 2.75) is 25.3 Å². The summed E-state index contributed by atoms with van der Waals surface area (Å²) in [5, 5.41) is 3.63. The number of hydrogen-bond donors (Lipinski definition) is 1. The van der Waals surface area contributed by atoms with Crippen LogP contribution in [0, 0.1) is 0 Å². The molecule has 32 heavy (non-hydrogen) atoms. The number of halogens is 1. The molecule has 2 saturated heterocycles. The highest BCUT2D eigenvalue weighted by molar-refractivity contribution is 6.30. The van der Waals surface area contributed by atoms with Gasteiger partial charge in [-0.3, -0.25) is 9.69 Å². The average molecular weight is 457 g/mol. The number of hydrogen-bond acceptors (Lipinski definition) is 5. The minimum atomic E-state index is -0.889. The number of urea groups is 1. The summed E-state index contributed by atoms with van der Waals surface area (Å²) >= 11 is 6.11. The fourth-order valence-corrected chi connectivity index (χ4v) is 4.44. The van der Waals surface area contributed by atoms with Crippen LogP contribution >= 0.6 is 11.6 Å². The summed E-state index contributed by atoms with van der Waals surface area (Å²) < 4.78 is 5.19. The summed E-state index contributed by atoms with van der Waals surface area (Å²) in [6, 6.07) is 15.3. The quantitative estimate of drug-likeness (QED) is 0.647. The second-order valence-corrected chi connectivity index (χ2v) is 9.01. The van der Waals surface area contributed by atoms with E-state index in [1.807, 2.05) is 55.5 Å². The van der Waals surface area contributed by atoms with Gasteiger partial charge in [0, 0.05) is 36.9 Å². The number of rotatable bonds is 7. The number of amides is 3. The lowest BCUT2D eigenvalue weighted by atomic mass is 9.93. The van der Waals surface area contributed by atoms with E-state index < -0.39 is 5.54 Å². The van der Waals surface area contributed by atoms with Gasteiger partial charge in [-0.2, -0.15) is 0 Å². The Hall–Kier alpha value is -2.77. The van der Waals surface area contributed by atoms with Gasteiger partial charge in [-0.05, 0) is 55.7 Å². The second-order valence-electron chi connectivity index (χ2n) is 8.57. The molecule has 2 aromatic carbocycles. The molecule has 0 spiro atoms. The van der Waals surface area contributed by atoms with Crippen LogP contribution in [0.25, 0.3) is 0 Å². The number of piperazine rings is 1. The Morgan fingerprint density at radius 2 is 1.78 bits per heavy atom. The minimum Gasteiger partial charge on any atom is -0.497 e. The Morgan fingerprint density at radius 3 is 2.44 bits per heavy atom. The molecule has 1 atom stereocenters. The third-order valence-electron chi connectivity index (χ3n) is 6.30. The zero-order valence-electron chi connectivity index (χ0n) is 18.5. The van der Waals surface area contributed by atoms with E-state index in [0.29, 0.717) is 19.5 Å². The zero-order chi connectivity index (χ0) is 22.7. The number of nitrogens with one attached hydrogen (secondary N) is 1. The maximum absolute atomic E-state index is 13.1. The largest absolute Gasteiger partial charge is 0.497 e. The smallest absolute Gasteiger partial charge is 0.326 e. The van der Waals surface area contributed by atoms with E-state index in [2.05, 4.69) is 15.1 Å². The highest BCUT2D eigenvalue weighted by Crippen LogP contribution is 2.25. The monoisotopic (exact) mass is 456 g/mol. The Labute approximate surface area is 193 Å². The lowest BCUT2D eigenvalue weighted by Gasteiger charge is -2.37. The van der Waals surface area contributed by atoms with Crippen LogP contribution < -0.4 is 15.0 Å². The van der Waals surface area contributed by atoms with Crippen LogP contribution in [-0.4, -0.2) is 67.2 Å². The SMILES string of the molecule is COc1ccc(CC[C@]2(C)NC(=O)N(CN3CCN(c4cccc(Cl)c4)CC3)C2=O)cc1. The third-order valence-corrected chi connectivity index (χ3v) is 6.54. The molecule has 2 aliphatic rings. The molecule has 2 heterocycles. The minimum absolute atomic E-state index is 0.159. The van der Waals surface area contributed by atoms with Crippen molar-refractivity contribution in [3.8, 4) is 5.75 Å². The summed E-state index contributed by atoms with van der Waals surface area (Å²) in [6.45, 7) is 5.30. The molecule has 170 valence electrons. The van der Waals surface area contributed by atoms with Gasteiger partial charge < -0.3 is 15.0 Å². The summed E-state index contributed by atoms with van der Waals surface area (Å²) in [5.41, 5.74) is 1.31. The van der Waals surface area contributed by atoms with Gasteiger partial charge in [-0.15, -0.1) is 0 Å². The molecule has 0 bridgehead atoms. The molecule has 8 heteroatoms. The summed E-state index contributed by atoms with van der Waals surface area (Å²) in [7, 11) is 1.63. The van der Waals surface area contributed by atoms with E-state index in [1.165, 1.54) is 4.90 Å². The van der Waals surface area contributed by atoms with Crippen LogP contribution in [0.15, 0.2) is 48.5 Å². The van der Waals surface area contributed by atoms with Gasteiger partial charge in [-0.25, -0.2) is 9.69 Å². The molecule has 4 rings (SSSR count). The van der Waals surface area contributed by atoms with E-state index in [-0.39, 0.29) is 11.9 Å². The number of nitrogens with zero attached hydrogens (tertiary/aromatic N) is 3. The first-order chi connectivity index (χ1) is 15.4. The van der Waals surface area contributed by atoms with E-state index in [0.717, 1.165) is 48.2 Å². The summed E-state index contributed by atoms with van der Waals surface area (Å²) in [4.78, 5) is 31.5. The molecule has 0 aromatic heterocycles. The lowest BCUT2D eigenvalue weighted by molar-refractivity contribution is -0.132. The number of ether oxygens (including phenoxy) is 1. The van der Waals surface area contributed by atoms with E-state index in [4.69, 9.17) is 16.3 Å². The number of methoxy groups -OCH3 is 1. The van der Waals surface area contributed by atoms with E-state index >= 15 is 0 Å². The van der Waals surface area contributed by atoms with Crippen molar-refractivity contribution in [3.63, 3.8) is 0 Å². The van der Waals surface area contributed by atoms with Crippen molar-refractivity contribution in [1.82, 2.24) is 15.1 Å². The van der Waals surface area contributed by atoms with Crippen molar-refractivity contribution in [3.05, 3.63) is 59.1 Å². The number of aryl methyl sites for hydroxylation is 1. The molecule has 7 nitrogen and oxygen atoms in total. The van der Waals surface area contributed by atoms with Gasteiger partial charge in [-0.1, -0.05) is 29.8 Å². The van der Waals surface area contributed by atoms with Crippen molar-refractivity contribution < 1.29 is 14.3 Å². The molecule has 0 unspecified atom stereocenters. The highest BCUT2D eigenvalue weighted by atomic mass is 35.5. The van der Waals surface area contributed by atoms with Crippen LogP contribution in [-0.2, 0) is 11.2 Å². The van der Waals surface area contributed by atoms with Crippen LogP contribution in [0.4, 0.5) is 10.5 Å². The molecule has 2 aliphatic heterocycles. The normalized spacial score (nSPS) is 21.7. The number of carbonyl (C=O) groups is 2. The maximum atomic E-state index is 13.1. The topological polar surface area (TPSA) is 65.1 Å². The predicted octanol–water partition coefficient (Wildman–Crippen LogP) is 3.37. The second kappa shape index (κ2) is 9.38.